The van der Waals surface area contributed by atoms with Crippen LogP contribution in [0.4, 0.5) is 0 Å². The fourth-order valence-corrected chi connectivity index (χ4v) is 1.68. The van der Waals surface area contributed by atoms with Gasteiger partial charge >= 0.3 is 0 Å². The minimum atomic E-state index is 0.0970. The second kappa shape index (κ2) is 6.80. The first-order valence-electron chi connectivity index (χ1n) is 5.79. The van der Waals surface area contributed by atoms with E-state index >= 15 is 0 Å². The maximum atomic E-state index is 11.7. The molecule has 4 heteroatoms. The van der Waals surface area contributed by atoms with Crippen molar-refractivity contribution in [3.05, 3.63) is 0 Å². The molecule has 0 aromatic carbocycles. The Labute approximate surface area is 92.0 Å². The average Bonchev–Trinajstić information content (AvgIpc) is 2.76. The van der Waals surface area contributed by atoms with Crippen molar-refractivity contribution in [2.75, 3.05) is 33.4 Å². The molecule has 0 aromatic rings. The van der Waals surface area contributed by atoms with E-state index < -0.39 is 0 Å². The molecule has 88 valence electrons. The minimum absolute atomic E-state index is 0.0970. The fraction of sp³-hybridized carbons (Fsp3) is 0.909. The summed E-state index contributed by atoms with van der Waals surface area (Å²) in [5, 5.41) is 3.25. The fourth-order valence-electron chi connectivity index (χ4n) is 1.68. The molecule has 15 heavy (non-hydrogen) atoms. The van der Waals surface area contributed by atoms with Crippen LogP contribution in [0.25, 0.3) is 0 Å². The first kappa shape index (κ1) is 12.5. The highest BCUT2D eigenvalue weighted by atomic mass is 16.5. The molecule has 1 rings (SSSR count). The molecule has 1 N–H and O–H groups in total. The lowest BCUT2D eigenvalue weighted by Gasteiger charge is -2.23. The summed E-state index contributed by atoms with van der Waals surface area (Å²) < 4.78 is 5.30. The van der Waals surface area contributed by atoms with E-state index in [0.29, 0.717) is 12.6 Å². The molecule has 1 unspecified atom stereocenters. The van der Waals surface area contributed by atoms with E-state index in [1.165, 1.54) is 0 Å². The number of carbonyl (C=O) groups is 1. The normalized spacial score (nSPS) is 20.5. The number of nitrogens with zero attached hydrogens (tertiary/aromatic N) is 1. The van der Waals surface area contributed by atoms with Crippen molar-refractivity contribution >= 4 is 5.91 Å². The summed E-state index contributed by atoms with van der Waals surface area (Å²) in [7, 11) is 1.86. The second-order valence-corrected chi connectivity index (χ2v) is 4.06. The molecule has 0 spiro atoms. The van der Waals surface area contributed by atoms with Crippen LogP contribution in [0, 0.1) is 0 Å². The maximum Gasteiger partial charge on any atom is 0.248 e. The van der Waals surface area contributed by atoms with Crippen molar-refractivity contribution in [3.8, 4) is 0 Å². The minimum Gasteiger partial charge on any atom is -0.372 e. The summed E-state index contributed by atoms with van der Waals surface area (Å²) >= 11 is 0. The van der Waals surface area contributed by atoms with E-state index in [9.17, 15) is 4.79 Å². The number of hydrogen-bond donors (Lipinski definition) is 1. The first-order chi connectivity index (χ1) is 7.25. The van der Waals surface area contributed by atoms with Crippen LogP contribution in [-0.2, 0) is 9.53 Å². The highest BCUT2D eigenvalue weighted by Gasteiger charge is 2.22. The van der Waals surface area contributed by atoms with Gasteiger partial charge in [-0.25, -0.2) is 0 Å². The Morgan fingerprint density at radius 3 is 3.00 bits per heavy atom. The number of unbranched alkanes of at least 4 members (excludes halogenated alkanes) is 1. The Morgan fingerprint density at radius 1 is 1.60 bits per heavy atom. The number of rotatable bonds is 6. The quantitative estimate of drug-likeness (QED) is 0.659. The summed E-state index contributed by atoms with van der Waals surface area (Å²) in [6, 6.07) is 0.354. The van der Waals surface area contributed by atoms with E-state index in [2.05, 4.69) is 12.2 Å². The van der Waals surface area contributed by atoms with Gasteiger partial charge in [0.15, 0.2) is 0 Å². The van der Waals surface area contributed by atoms with Crippen molar-refractivity contribution < 1.29 is 9.53 Å². The maximum absolute atomic E-state index is 11.7. The molecule has 1 amide bonds. The highest BCUT2D eigenvalue weighted by Crippen LogP contribution is 2.06. The molecule has 1 atom stereocenters. The monoisotopic (exact) mass is 214 g/mol. The van der Waals surface area contributed by atoms with Gasteiger partial charge in [-0.05, 0) is 19.4 Å². The number of amides is 1. The van der Waals surface area contributed by atoms with Gasteiger partial charge in [0.2, 0.25) is 5.91 Å². The molecule has 0 aliphatic carbocycles. The Bertz CT molecular complexity index is 191. The zero-order valence-corrected chi connectivity index (χ0v) is 9.79. The largest absolute Gasteiger partial charge is 0.372 e. The Balaban J connectivity index is 2.14. The Hall–Kier alpha value is -0.610. The summed E-state index contributed by atoms with van der Waals surface area (Å²) in [5.74, 6) is 0.0970. The van der Waals surface area contributed by atoms with Gasteiger partial charge in [0, 0.05) is 26.2 Å². The van der Waals surface area contributed by atoms with Crippen LogP contribution in [0.3, 0.4) is 0 Å². The molecule has 1 aliphatic rings. The van der Waals surface area contributed by atoms with Crippen LogP contribution in [0.2, 0.25) is 0 Å². The van der Waals surface area contributed by atoms with E-state index in [1.807, 2.05) is 11.9 Å². The zero-order chi connectivity index (χ0) is 11.1. The molecule has 0 bridgehead atoms. The molecule has 1 aliphatic heterocycles. The summed E-state index contributed by atoms with van der Waals surface area (Å²) in [4.78, 5) is 13.5. The van der Waals surface area contributed by atoms with Gasteiger partial charge in [0.25, 0.3) is 0 Å². The molecule has 1 fully saturated rings. The average molecular weight is 214 g/mol. The third kappa shape index (κ3) is 4.18. The molecular weight excluding hydrogens is 192 g/mol. The molecule has 0 radical (unpaired) electrons. The van der Waals surface area contributed by atoms with Gasteiger partial charge in [0.05, 0.1) is 0 Å². The van der Waals surface area contributed by atoms with Crippen LogP contribution >= 0.6 is 0 Å². The van der Waals surface area contributed by atoms with E-state index in [-0.39, 0.29) is 12.5 Å². The lowest BCUT2D eigenvalue weighted by atomic mass is 10.2. The number of hydrogen-bond acceptors (Lipinski definition) is 3. The van der Waals surface area contributed by atoms with Gasteiger partial charge in [-0.15, -0.1) is 0 Å². The molecule has 1 saturated heterocycles. The molecule has 1 heterocycles. The summed E-state index contributed by atoms with van der Waals surface area (Å²) in [6.07, 6.45) is 3.19. The molecule has 4 nitrogen and oxygen atoms in total. The molecule has 0 saturated carbocycles. The van der Waals surface area contributed by atoms with E-state index in [0.717, 1.165) is 32.4 Å². The van der Waals surface area contributed by atoms with Gasteiger partial charge in [-0.3, -0.25) is 4.79 Å². The SMILES string of the molecule is CCCCOCC(=O)N(C)C1CCNC1. The number of carbonyl (C=O) groups excluding carboxylic acids is 1. The predicted molar refractivity (Wildman–Crippen MR) is 59.8 cm³/mol. The predicted octanol–water partition coefficient (Wildman–Crippen LogP) is 0.623. The molecular formula is C11H22N2O2. The first-order valence-corrected chi connectivity index (χ1v) is 5.79. The van der Waals surface area contributed by atoms with Gasteiger partial charge in [0.1, 0.15) is 6.61 Å². The van der Waals surface area contributed by atoms with Crippen molar-refractivity contribution in [1.82, 2.24) is 10.2 Å². The summed E-state index contributed by atoms with van der Waals surface area (Å²) in [5.41, 5.74) is 0. The van der Waals surface area contributed by atoms with Crippen LogP contribution in [0.15, 0.2) is 0 Å². The van der Waals surface area contributed by atoms with Crippen molar-refractivity contribution in [2.45, 2.75) is 32.2 Å². The van der Waals surface area contributed by atoms with Crippen molar-refractivity contribution in [1.29, 1.82) is 0 Å². The Kier molecular flexibility index (Phi) is 5.65. The third-order valence-corrected chi connectivity index (χ3v) is 2.84. The van der Waals surface area contributed by atoms with Crippen LogP contribution in [0.5, 0.6) is 0 Å². The van der Waals surface area contributed by atoms with Gasteiger partial charge in [-0.1, -0.05) is 13.3 Å². The lowest BCUT2D eigenvalue weighted by Crippen LogP contribution is -2.40. The lowest BCUT2D eigenvalue weighted by molar-refractivity contribution is -0.136. The number of likely N-dealkylation sites (N-methyl/N-ethyl adjacent to an activating group) is 1. The van der Waals surface area contributed by atoms with Crippen LogP contribution < -0.4 is 5.32 Å². The van der Waals surface area contributed by atoms with Crippen molar-refractivity contribution in [2.24, 2.45) is 0 Å². The van der Waals surface area contributed by atoms with E-state index in [4.69, 9.17) is 4.74 Å². The second-order valence-electron chi connectivity index (χ2n) is 4.06. The van der Waals surface area contributed by atoms with E-state index in [1.54, 1.807) is 0 Å². The molecule has 0 aromatic heterocycles. The number of nitrogens with one attached hydrogen (secondary N) is 1. The number of ether oxygens (including phenoxy) is 1. The Morgan fingerprint density at radius 2 is 2.40 bits per heavy atom. The van der Waals surface area contributed by atoms with Crippen LogP contribution in [-0.4, -0.2) is 50.2 Å². The van der Waals surface area contributed by atoms with Crippen LogP contribution in [0.1, 0.15) is 26.2 Å². The third-order valence-electron chi connectivity index (χ3n) is 2.84. The smallest absolute Gasteiger partial charge is 0.248 e. The van der Waals surface area contributed by atoms with Gasteiger partial charge < -0.3 is 15.0 Å². The standard InChI is InChI=1S/C11H22N2O2/c1-3-4-7-15-9-11(14)13(2)10-5-6-12-8-10/h10,12H,3-9H2,1-2H3. The highest BCUT2D eigenvalue weighted by molar-refractivity contribution is 5.77. The van der Waals surface area contributed by atoms with Crippen molar-refractivity contribution in [3.63, 3.8) is 0 Å². The van der Waals surface area contributed by atoms with Gasteiger partial charge in [-0.2, -0.15) is 0 Å². The zero-order valence-electron chi connectivity index (χ0n) is 9.79. The summed E-state index contributed by atoms with van der Waals surface area (Å²) in [6.45, 7) is 4.96. The topological polar surface area (TPSA) is 41.6 Å².